The number of halogens is 2. The summed E-state index contributed by atoms with van der Waals surface area (Å²) in [6.07, 6.45) is 1.88. The number of piperidine rings is 1. The summed E-state index contributed by atoms with van der Waals surface area (Å²) < 4.78 is 28.7. The van der Waals surface area contributed by atoms with Crippen LogP contribution in [0.25, 0.3) is 10.9 Å². The predicted molar refractivity (Wildman–Crippen MR) is 81.8 cm³/mol. The zero-order chi connectivity index (χ0) is 15.7. The predicted octanol–water partition coefficient (Wildman–Crippen LogP) is 1.70. The first-order chi connectivity index (χ1) is 10.5. The van der Waals surface area contributed by atoms with Crippen LogP contribution in [0.2, 0.25) is 0 Å². The van der Waals surface area contributed by atoms with Crippen molar-refractivity contribution in [2.75, 3.05) is 19.6 Å². The monoisotopic (exact) mass is 307 g/mol. The van der Waals surface area contributed by atoms with Crippen LogP contribution in [0.5, 0.6) is 0 Å². The number of likely N-dealkylation sites (tertiary alicyclic amines) is 1. The largest absolute Gasteiger partial charge is 0.328 e. The summed E-state index contributed by atoms with van der Waals surface area (Å²) in [5.74, 6) is -1.32. The average Bonchev–Trinajstić information content (AvgIpc) is 2.47. The number of nitrogens with zero attached hydrogens (tertiary/aromatic N) is 2. The molecule has 0 unspecified atom stereocenters. The van der Waals surface area contributed by atoms with E-state index in [1.165, 1.54) is 22.8 Å². The fourth-order valence-electron chi connectivity index (χ4n) is 2.97. The molecule has 3 rings (SSSR count). The van der Waals surface area contributed by atoms with E-state index in [9.17, 15) is 13.6 Å². The zero-order valence-electron chi connectivity index (χ0n) is 12.3. The van der Waals surface area contributed by atoms with Crippen molar-refractivity contribution in [2.45, 2.75) is 25.4 Å². The third kappa shape index (κ3) is 3.03. The number of nitrogens with two attached hydrogens (primary N) is 1. The molecule has 1 aliphatic rings. The molecular formula is C16H19F2N3O. The first kappa shape index (κ1) is 15.1. The molecule has 1 aromatic heterocycles. The summed E-state index contributed by atoms with van der Waals surface area (Å²) >= 11 is 0. The van der Waals surface area contributed by atoms with Gasteiger partial charge in [0.25, 0.3) is 5.56 Å². The minimum absolute atomic E-state index is 0.244. The van der Waals surface area contributed by atoms with Crippen molar-refractivity contribution in [3.8, 4) is 0 Å². The number of benzene rings is 1. The van der Waals surface area contributed by atoms with E-state index >= 15 is 0 Å². The Morgan fingerprint density at radius 3 is 2.59 bits per heavy atom. The molecule has 0 atom stereocenters. The lowest BCUT2D eigenvalue weighted by atomic mass is 10.1. The second-order valence-corrected chi connectivity index (χ2v) is 5.82. The number of fused-ring (bicyclic) bond motifs is 1. The van der Waals surface area contributed by atoms with Crippen molar-refractivity contribution >= 4 is 10.9 Å². The van der Waals surface area contributed by atoms with Gasteiger partial charge in [-0.15, -0.1) is 0 Å². The van der Waals surface area contributed by atoms with Gasteiger partial charge in [-0.05, 0) is 38.1 Å². The van der Waals surface area contributed by atoms with Crippen LogP contribution in [0.4, 0.5) is 8.78 Å². The number of hydrogen-bond donors (Lipinski definition) is 1. The Morgan fingerprint density at radius 2 is 1.86 bits per heavy atom. The van der Waals surface area contributed by atoms with E-state index in [0.717, 1.165) is 32.0 Å². The zero-order valence-corrected chi connectivity index (χ0v) is 12.3. The third-order valence-electron chi connectivity index (χ3n) is 4.29. The molecule has 0 bridgehead atoms. The standard InChI is InChI=1S/C16H19F2N3O/c17-11-9-14(18)13-1-2-16(22)21(15(13)10-11)8-7-20-5-3-12(19)4-6-20/h1-2,9-10,12H,3-8,19H2. The van der Waals surface area contributed by atoms with Crippen LogP contribution in [-0.2, 0) is 6.54 Å². The smallest absolute Gasteiger partial charge is 0.251 e. The summed E-state index contributed by atoms with van der Waals surface area (Å²) in [5, 5.41) is 0.265. The molecule has 1 aromatic carbocycles. The van der Waals surface area contributed by atoms with Gasteiger partial charge in [0.2, 0.25) is 0 Å². The molecule has 1 aliphatic heterocycles. The highest BCUT2D eigenvalue weighted by molar-refractivity contribution is 5.79. The first-order valence-electron chi connectivity index (χ1n) is 7.51. The number of rotatable bonds is 3. The van der Waals surface area contributed by atoms with Crippen LogP contribution in [-0.4, -0.2) is 35.1 Å². The van der Waals surface area contributed by atoms with Crippen LogP contribution in [0.3, 0.4) is 0 Å². The van der Waals surface area contributed by atoms with E-state index in [0.29, 0.717) is 18.6 Å². The molecule has 4 nitrogen and oxygen atoms in total. The van der Waals surface area contributed by atoms with Gasteiger partial charge in [0.1, 0.15) is 11.6 Å². The third-order valence-corrected chi connectivity index (χ3v) is 4.29. The van der Waals surface area contributed by atoms with E-state index in [1.807, 2.05) is 0 Å². The number of aromatic nitrogens is 1. The summed E-state index contributed by atoms with van der Waals surface area (Å²) in [5.41, 5.74) is 5.93. The Kier molecular flexibility index (Phi) is 4.22. The molecule has 2 N–H and O–H groups in total. The number of pyridine rings is 1. The van der Waals surface area contributed by atoms with E-state index in [2.05, 4.69) is 4.90 Å². The van der Waals surface area contributed by atoms with Gasteiger partial charge in [0.05, 0.1) is 5.52 Å². The molecule has 0 radical (unpaired) electrons. The van der Waals surface area contributed by atoms with Crippen molar-refractivity contribution in [3.05, 3.63) is 46.3 Å². The highest BCUT2D eigenvalue weighted by atomic mass is 19.1. The molecule has 2 aromatic rings. The first-order valence-corrected chi connectivity index (χ1v) is 7.51. The molecule has 0 saturated carbocycles. The van der Waals surface area contributed by atoms with Gasteiger partial charge in [-0.3, -0.25) is 4.79 Å². The summed E-state index contributed by atoms with van der Waals surface area (Å²) in [7, 11) is 0. The summed E-state index contributed by atoms with van der Waals surface area (Å²) in [6, 6.07) is 5.03. The Labute approximate surface area is 127 Å². The van der Waals surface area contributed by atoms with Crippen LogP contribution in [0.15, 0.2) is 29.1 Å². The molecule has 1 saturated heterocycles. The molecule has 2 heterocycles. The van der Waals surface area contributed by atoms with Crippen LogP contribution in [0, 0.1) is 11.6 Å². The van der Waals surface area contributed by atoms with Gasteiger partial charge in [0.15, 0.2) is 0 Å². The van der Waals surface area contributed by atoms with Crippen molar-refractivity contribution in [1.29, 1.82) is 0 Å². The van der Waals surface area contributed by atoms with E-state index < -0.39 is 11.6 Å². The van der Waals surface area contributed by atoms with Crippen LogP contribution >= 0.6 is 0 Å². The highest BCUT2D eigenvalue weighted by Gasteiger charge is 2.16. The van der Waals surface area contributed by atoms with Crippen LogP contribution < -0.4 is 11.3 Å². The Morgan fingerprint density at radius 1 is 1.14 bits per heavy atom. The molecule has 118 valence electrons. The van der Waals surface area contributed by atoms with Crippen LogP contribution in [0.1, 0.15) is 12.8 Å². The molecule has 0 amide bonds. The van der Waals surface area contributed by atoms with Crippen molar-refractivity contribution in [2.24, 2.45) is 5.73 Å². The minimum Gasteiger partial charge on any atom is -0.328 e. The van der Waals surface area contributed by atoms with Crippen molar-refractivity contribution in [3.63, 3.8) is 0 Å². The molecule has 0 spiro atoms. The Hall–Kier alpha value is -1.79. The highest BCUT2D eigenvalue weighted by Crippen LogP contribution is 2.18. The summed E-state index contributed by atoms with van der Waals surface area (Å²) in [6.45, 7) is 2.87. The lowest BCUT2D eigenvalue weighted by Gasteiger charge is -2.30. The lowest BCUT2D eigenvalue weighted by Crippen LogP contribution is -2.41. The van der Waals surface area contributed by atoms with Gasteiger partial charge in [-0.1, -0.05) is 0 Å². The fraction of sp³-hybridized carbons (Fsp3) is 0.438. The molecule has 6 heteroatoms. The quantitative estimate of drug-likeness (QED) is 0.939. The van der Waals surface area contributed by atoms with Gasteiger partial charge < -0.3 is 15.2 Å². The Bertz CT molecular complexity index is 736. The molecule has 1 fully saturated rings. The molecular weight excluding hydrogens is 288 g/mol. The average molecular weight is 307 g/mol. The van der Waals surface area contributed by atoms with E-state index in [1.54, 1.807) is 0 Å². The fourth-order valence-corrected chi connectivity index (χ4v) is 2.97. The summed E-state index contributed by atoms with van der Waals surface area (Å²) in [4.78, 5) is 14.3. The van der Waals surface area contributed by atoms with Crippen molar-refractivity contribution in [1.82, 2.24) is 9.47 Å². The maximum absolute atomic E-state index is 13.8. The maximum atomic E-state index is 13.8. The van der Waals surface area contributed by atoms with E-state index in [-0.39, 0.29) is 17.0 Å². The maximum Gasteiger partial charge on any atom is 0.251 e. The van der Waals surface area contributed by atoms with E-state index in [4.69, 9.17) is 5.73 Å². The minimum atomic E-state index is -0.673. The number of hydrogen-bond acceptors (Lipinski definition) is 3. The van der Waals surface area contributed by atoms with Gasteiger partial charge >= 0.3 is 0 Å². The second kappa shape index (κ2) is 6.14. The molecule has 22 heavy (non-hydrogen) atoms. The van der Waals surface area contributed by atoms with Gasteiger partial charge in [0, 0.05) is 36.7 Å². The molecule has 0 aliphatic carbocycles. The normalized spacial score (nSPS) is 17.2. The second-order valence-electron chi connectivity index (χ2n) is 5.82. The van der Waals surface area contributed by atoms with Gasteiger partial charge in [-0.2, -0.15) is 0 Å². The SMILES string of the molecule is NC1CCN(CCn2c(=O)ccc3c(F)cc(F)cc32)CC1. The Balaban J connectivity index is 1.86. The van der Waals surface area contributed by atoms with Crippen molar-refractivity contribution < 1.29 is 8.78 Å². The topological polar surface area (TPSA) is 51.3 Å². The lowest BCUT2D eigenvalue weighted by molar-refractivity contribution is 0.206. The van der Waals surface area contributed by atoms with Gasteiger partial charge in [-0.25, -0.2) is 8.78 Å².